The highest BCUT2D eigenvalue weighted by atomic mass is 16.3. The molecular formula is C16H22N6O. The predicted octanol–water partition coefficient (Wildman–Crippen LogP) is 2.00. The molecule has 7 nitrogen and oxygen atoms in total. The number of nitrogens with zero attached hydrogens (tertiary/aromatic N) is 4. The minimum absolute atomic E-state index is 0.00629. The summed E-state index contributed by atoms with van der Waals surface area (Å²) in [6, 6.07) is -0.00629. The van der Waals surface area contributed by atoms with Crippen LogP contribution < -0.4 is 11.1 Å². The summed E-state index contributed by atoms with van der Waals surface area (Å²) < 4.78 is 1.91. The lowest BCUT2D eigenvalue weighted by atomic mass is 9.92. The quantitative estimate of drug-likeness (QED) is 0.801. The number of nitrogens with two attached hydrogens (primary N) is 1. The van der Waals surface area contributed by atoms with Crippen LogP contribution in [0.25, 0.3) is 17.4 Å². The third kappa shape index (κ3) is 2.76. The van der Waals surface area contributed by atoms with Crippen LogP contribution in [0.1, 0.15) is 39.0 Å². The van der Waals surface area contributed by atoms with Gasteiger partial charge >= 0.3 is 0 Å². The highest BCUT2D eigenvalue weighted by molar-refractivity contribution is 5.85. The van der Waals surface area contributed by atoms with Crippen molar-refractivity contribution in [3.05, 3.63) is 11.9 Å². The lowest BCUT2D eigenvalue weighted by molar-refractivity contribution is 0.116. The van der Waals surface area contributed by atoms with Gasteiger partial charge in [-0.25, -0.2) is 4.98 Å². The van der Waals surface area contributed by atoms with Gasteiger partial charge in [-0.1, -0.05) is 19.8 Å². The van der Waals surface area contributed by atoms with Gasteiger partial charge in [0.05, 0.1) is 12.1 Å². The van der Waals surface area contributed by atoms with Gasteiger partial charge in [0.25, 0.3) is 0 Å². The lowest BCUT2D eigenvalue weighted by Gasteiger charge is -2.28. The first-order valence-electron chi connectivity index (χ1n) is 8.27. The molecule has 0 aliphatic heterocycles. The van der Waals surface area contributed by atoms with Gasteiger partial charge in [0.1, 0.15) is 6.33 Å². The van der Waals surface area contributed by atoms with E-state index in [4.69, 9.17) is 5.73 Å². The molecule has 23 heavy (non-hydrogen) atoms. The summed E-state index contributed by atoms with van der Waals surface area (Å²) in [6.45, 7) is 2.20. The Hall–Kier alpha value is -2.15. The molecule has 0 bridgehead atoms. The molecule has 4 N–H and O–H groups in total. The average molecular weight is 314 g/mol. The summed E-state index contributed by atoms with van der Waals surface area (Å²) in [7, 11) is 0. The van der Waals surface area contributed by atoms with E-state index in [0.717, 1.165) is 32.1 Å². The van der Waals surface area contributed by atoms with E-state index >= 15 is 0 Å². The predicted molar refractivity (Wildman–Crippen MR) is 89.7 cm³/mol. The van der Waals surface area contributed by atoms with E-state index < -0.39 is 0 Å². The normalized spacial score (nSPS) is 29.1. The van der Waals surface area contributed by atoms with Crippen molar-refractivity contribution in [2.45, 2.75) is 51.2 Å². The number of aromatic nitrogens is 4. The molecule has 2 aromatic rings. The Kier molecular flexibility index (Phi) is 3.45. The van der Waals surface area contributed by atoms with Crippen LogP contribution in [-0.4, -0.2) is 36.8 Å². The van der Waals surface area contributed by atoms with Crippen LogP contribution >= 0.6 is 0 Å². The molecule has 7 heteroatoms. The second-order valence-corrected chi connectivity index (χ2v) is 6.67. The molecular weight excluding hydrogens is 292 g/mol. The molecule has 2 aliphatic rings. The van der Waals surface area contributed by atoms with Crippen LogP contribution in [0, 0.1) is 5.92 Å². The smallest absolute Gasteiger partial charge is 0.224 e. The van der Waals surface area contributed by atoms with Gasteiger partial charge in [-0.2, -0.15) is 9.97 Å². The molecule has 0 radical (unpaired) electrons. The molecule has 122 valence electrons. The number of nitrogen functional groups attached to an aromatic ring is 1. The van der Waals surface area contributed by atoms with Gasteiger partial charge < -0.3 is 16.2 Å². The van der Waals surface area contributed by atoms with Crippen LogP contribution in [0.2, 0.25) is 0 Å². The van der Waals surface area contributed by atoms with Crippen molar-refractivity contribution in [3.63, 3.8) is 0 Å². The largest absolute Gasteiger partial charge is 0.391 e. The third-order valence-corrected chi connectivity index (χ3v) is 4.81. The summed E-state index contributed by atoms with van der Waals surface area (Å²) in [5.74, 6) is 1.47. The van der Waals surface area contributed by atoms with Crippen molar-refractivity contribution in [2.24, 2.45) is 5.92 Å². The molecule has 4 rings (SSSR count). The minimum atomic E-state index is -0.355. The number of anilines is 2. The molecule has 3 atom stereocenters. The maximum Gasteiger partial charge on any atom is 0.224 e. The minimum Gasteiger partial charge on any atom is -0.391 e. The second-order valence-electron chi connectivity index (χ2n) is 6.67. The standard InChI is InChI=1S/C16H22N6O/c1-9-6-10(9)7-22-8-18-13-14(20-16(17)21-15(13)22)19-11-4-2-3-5-12(11)23/h7-9,11-12,23H,2-6H2,1H3,(H3,17,19,20,21). The van der Waals surface area contributed by atoms with E-state index in [1.54, 1.807) is 6.33 Å². The highest BCUT2D eigenvalue weighted by Gasteiger charge is 2.26. The molecule has 2 fully saturated rings. The Balaban J connectivity index is 1.69. The molecule has 0 aromatic carbocycles. The van der Waals surface area contributed by atoms with Gasteiger partial charge in [0.2, 0.25) is 5.95 Å². The van der Waals surface area contributed by atoms with Gasteiger partial charge in [-0.3, -0.25) is 4.57 Å². The number of fused-ring (bicyclic) bond motifs is 1. The van der Waals surface area contributed by atoms with Crippen molar-refractivity contribution < 1.29 is 5.11 Å². The Labute approximate surface area is 134 Å². The van der Waals surface area contributed by atoms with Crippen molar-refractivity contribution >= 4 is 29.1 Å². The SMILES string of the molecule is CC1CC1=Cn1cnc2c(NC3CCCCC3O)nc(N)nc21. The first-order valence-corrected chi connectivity index (χ1v) is 8.27. The van der Waals surface area contributed by atoms with Gasteiger partial charge in [0, 0.05) is 6.20 Å². The summed E-state index contributed by atoms with van der Waals surface area (Å²) in [5, 5.41) is 13.5. The average Bonchev–Trinajstić information content (AvgIpc) is 3.06. The van der Waals surface area contributed by atoms with Crippen molar-refractivity contribution in [2.75, 3.05) is 11.1 Å². The number of allylic oxidation sites excluding steroid dienone is 1. The molecule has 0 amide bonds. The van der Waals surface area contributed by atoms with Crippen molar-refractivity contribution in [1.29, 1.82) is 0 Å². The molecule has 2 heterocycles. The maximum absolute atomic E-state index is 10.2. The highest BCUT2D eigenvalue weighted by Crippen LogP contribution is 2.37. The Morgan fingerprint density at radius 1 is 1.35 bits per heavy atom. The van der Waals surface area contributed by atoms with E-state index in [0.29, 0.717) is 22.9 Å². The van der Waals surface area contributed by atoms with Gasteiger partial charge in [-0.05, 0) is 30.8 Å². The van der Waals surface area contributed by atoms with Crippen LogP contribution in [0.4, 0.5) is 11.8 Å². The van der Waals surface area contributed by atoms with Gasteiger partial charge in [-0.15, -0.1) is 0 Å². The molecule has 3 unspecified atom stereocenters. The lowest BCUT2D eigenvalue weighted by Crippen LogP contribution is -2.36. The molecule has 2 saturated carbocycles. The Morgan fingerprint density at radius 2 is 2.13 bits per heavy atom. The van der Waals surface area contributed by atoms with E-state index in [1.165, 1.54) is 5.57 Å². The molecule has 2 aliphatic carbocycles. The molecule has 0 spiro atoms. The molecule has 2 aromatic heterocycles. The molecule has 0 saturated heterocycles. The first-order chi connectivity index (χ1) is 11.1. The third-order valence-electron chi connectivity index (χ3n) is 4.81. The summed E-state index contributed by atoms with van der Waals surface area (Å²) >= 11 is 0. The van der Waals surface area contributed by atoms with E-state index in [2.05, 4.69) is 33.4 Å². The number of imidazole rings is 1. The fourth-order valence-corrected chi connectivity index (χ4v) is 3.24. The van der Waals surface area contributed by atoms with Crippen LogP contribution in [0.15, 0.2) is 11.9 Å². The number of aliphatic hydroxyl groups is 1. The summed E-state index contributed by atoms with van der Waals surface area (Å²) in [6.07, 6.45) is 8.52. The fraction of sp³-hybridized carbons (Fsp3) is 0.562. The van der Waals surface area contributed by atoms with E-state index in [9.17, 15) is 5.11 Å². The topological polar surface area (TPSA) is 102 Å². The summed E-state index contributed by atoms with van der Waals surface area (Å²) in [5.41, 5.74) is 8.67. The van der Waals surface area contributed by atoms with Crippen LogP contribution in [0.5, 0.6) is 0 Å². The van der Waals surface area contributed by atoms with Crippen molar-refractivity contribution in [1.82, 2.24) is 19.5 Å². The monoisotopic (exact) mass is 314 g/mol. The number of rotatable bonds is 3. The second kappa shape index (κ2) is 5.49. The Bertz CT molecular complexity index is 767. The maximum atomic E-state index is 10.2. The van der Waals surface area contributed by atoms with E-state index in [1.807, 2.05) is 4.57 Å². The summed E-state index contributed by atoms with van der Waals surface area (Å²) in [4.78, 5) is 13.1. The van der Waals surface area contributed by atoms with Gasteiger partial charge in [0.15, 0.2) is 17.0 Å². The fourth-order valence-electron chi connectivity index (χ4n) is 3.24. The first kappa shape index (κ1) is 14.4. The van der Waals surface area contributed by atoms with Crippen molar-refractivity contribution in [3.8, 4) is 0 Å². The number of hydrogen-bond acceptors (Lipinski definition) is 6. The van der Waals surface area contributed by atoms with E-state index in [-0.39, 0.29) is 18.1 Å². The Morgan fingerprint density at radius 3 is 2.87 bits per heavy atom. The zero-order valence-corrected chi connectivity index (χ0v) is 13.2. The zero-order chi connectivity index (χ0) is 16.0. The number of nitrogens with one attached hydrogen (secondary N) is 1. The number of aliphatic hydroxyl groups excluding tert-OH is 1. The zero-order valence-electron chi connectivity index (χ0n) is 13.2. The van der Waals surface area contributed by atoms with Crippen LogP contribution in [-0.2, 0) is 0 Å². The van der Waals surface area contributed by atoms with Crippen LogP contribution in [0.3, 0.4) is 0 Å². The number of hydrogen-bond donors (Lipinski definition) is 3.